The number of nitrogens with two attached hydrogens (primary N) is 1. The van der Waals surface area contributed by atoms with Gasteiger partial charge in [0.1, 0.15) is 11.6 Å². The standard InChI is InChI=1S/C16H15FN2O2/c17-11-4-6-13(15(20)8-11)16(21)19-7-1-2-10-3-5-12(18)9-14(10)19/h3-6,8-9,20H,1-2,7,18H2. The normalized spacial score (nSPS) is 13.9. The van der Waals surface area contributed by atoms with Crippen LogP contribution in [0.1, 0.15) is 22.3 Å². The fourth-order valence-corrected chi connectivity index (χ4v) is 2.63. The van der Waals surface area contributed by atoms with Gasteiger partial charge in [-0.25, -0.2) is 4.39 Å². The molecule has 2 aromatic carbocycles. The van der Waals surface area contributed by atoms with Gasteiger partial charge in [-0.15, -0.1) is 0 Å². The lowest BCUT2D eigenvalue weighted by atomic mass is 10.00. The highest BCUT2D eigenvalue weighted by atomic mass is 19.1. The van der Waals surface area contributed by atoms with Crippen molar-refractivity contribution in [3.63, 3.8) is 0 Å². The lowest BCUT2D eigenvalue weighted by Gasteiger charge is -2.30. The van der Waals surface area contributed by atoms with Crippen LogP contribution in [-0.4, -0.2) is 17.6 Å². The first-order chi connectivity index (χ1) is 10.1. The monoisotopic (exact) mass is 286 g/mol. The van der Waals surface area contributed by atoms with E-state index in [1.54, 1.807) is 11.0 Å². The van der Waals surface area contributed by atoms with Crippen LogP contribution in [0.4, 0.5) is 15.8 Å². The molecule has 1 aliphatic heterocycles. The van der Waals surface area contributed by atoms with E-state index in [1.807, 2.05) is 12.1 Å². The second kappa shape index (κ2) is 5.09. The summed E-state index contributed by atoms with van der Waals surface area (Å²) in [6.45, 7) is 0.548. The van der Waals surface area contributed by atoms with Crippen molar-refractivity contribution in [1.82, 2.24) is 0 Å². The molecule has 21 heavy (non-hydrogen) atoms. The summed E-state index contributed by atoms with van der Waals surface area (Å²) < 4.78 is 13.0. The molecule has 3 N–H and O–H groups in total. The van der Waals surface area contributed by atoms with Crippen molar-refractivity contribution >= 4 is 17.3 Å². The Kier molecular flexibility index (Phi) is 3.25. The Morgan fingerprint density at radius 1 is 1.24 bits per heavy atom. The molecule has 0 unspecified atom stereocenters. The Balaban J connectivity index is 2.02. The zero-order valence-electron chi connectivity index (χ0n) is 11.3. The van der Waals surface area contributed by atoms with Crippen molar-refractivity contribution in [3.8, 4) is 5.75 Å². The highest BCUT2D eigenvalue weighted by Gasteiger charge is 2.25. The molecule has 0 saturated heterocycles. The van der Waals surface area contributed by atoms with E-state index in [2.05, 4.69) is 0 Å². The van der Waals surface area contributed by atoms with Crippen LogP contribution in [0.5, 0.6) is 5.75 Å². The highest BCUT2D eigenvalue weighted by Crippen LogP contribution is 2.31. The molecule has 108 valence electrons. The van der Waals surface area contributed by atoms with Gasteiger partial charge in [0.2, 0.25) is 0 Å². The van der Waals surface area contributed by atoms with E-state index in [4.69, 9.17) is 5.73 Å². The summed E-state index contributed by atoms with van der Waals surface area (Å²) in [6.07, 6.45) is 1.72. The number of anilines is 2. The number of carbonyl (C=O) groups is 1. The van der Waals surface area contributed by atoms with Crippen LogP contribution < -0.4 is 10.6 Å². The second-order valence-corrected chi connectivity index (χ2v) is 5.11. The summed E-state index contributed by atoms with van der Waals surface area (Å²) in [7, 11) is 0. The van der Waals surface area contributed by atoms with E-state index in [0.29, 0.717) is 12.2 Å². The molecule has 0 fully saturated rings. The first-order valence-corrected chi connectivity index (χ1v) is 6.75. The number of hydrogen-bond donors (Lipinski definition) is 2. The first kappa shape index (κ1) is 13.4. The van der Waals surface area contributed by atoms with E-state index in [1.165, 1.54) is 6.07 Å². The zero-order valence-corrected chi connectivity index (χ0v) is 11.3. The van der Waals surface area contributed by atoms with Crippen molar-refractivity contribution < 1.29 is 14.3 Å². The topological polar surface area (TPSA) is 66.6 Å². The average molecular weight is 286 g/mol. The highest BCUT2D eigenvalue weighted by molar-refractivity contribution is 6.08. The number of fused-ring (bicyclic) bond motifs is 1. The smallest absolute Gasteiger partial charge is 0.262 e. The van der Waals surface area contributed by atoms with Gasteiger partial charge in [-0.1, -0.05) is 6.07 Å². The molecule has 0 spiro atoms. The maximum atomic E-state index is 13.0. The van der Waals surface area contributed by atoms with Crippen LogP contribution in [-0.2, 0) is 6.42 Å². The fourth-order valence-electron chi connectivity index (χ4n) is 2.63. The number of hydrogen-bond acceptors (Lipinski definition) is 3. The number of carbonyl (C=O) groups excluding carboxylic acids is 1. The quantitative estimate of drug-likeness (QED) is 0.792. The summed E-state index contributed by atoms with van der Waals surface area (Å²) in [5.41, 5.74) is 8.27. The van der Waals surface area contributed by atoms with Crippen LogP contribution in [0.3, 0.4) is 0 Å². The molecule has 1 amide bonds. The van der Waals surface area contributed by atoms with Crippen LogP contribution in [0.2, 0.25) is 0 Å². The number of amides is 1. The SMILES string of the molecule is Nc1ccc2c(c1)N(C(=O)c1ccc(F)cc1O)CCC2. The Morgan fingerprint density at radius 2 is 2.05 bits per heavy atom. The number of benzene rings is 2. The van der Waals surface area contributed by atoms with Crippen LogP contribution in [0, 0.1) is 5.82 Å². The summed E-state index contributed by atoms with van der Waals surface area (Å²) in [5, 5.41) is 9.78. The summed E-state index contributed by atoms with van der Waals surface area (Å²) in [5.74, 6) is -1.28. The molecule has 5 heteroatoms. The van der Waals surface area contributed by atoms with Gasteiger partial charge in [-0.05, 0) is 42.7 Å². The van der Waals surface area contributed by atoms with Gasteiger partial charge in [0, 0.05) is 24.0 Å². The Bertz CT molecular complexity index is 715. The molecule has 0 bridgehead atoms. The zero-order chi connectivity index (χ0) is 15.0. The van der Waals surface area contributed by atoms with Gasteiger partial charge in [0.15, 0.2) is 0 Å². The lowest BCUT2D eigenvalue weighted by molar-refractivity contribution is 0.0982. The number of phenols is 1. The van der Waals surface area contributed by atoms with E-state index >= 15 is 0 Å². The number of phenolic OH excluding ortho intramolecular Hbond substituents is 1. The van der Waals surface area contributed by atoms with Gasteiger partial charge in [-0.3, -0.25) is 4.79 Å². The minimum atomic E-state index is -0.577. The minimum Gasteiger partial charge on any atom is -0.507 e. The third kappa shape index (κ3) is 2.42. The van der Waals surface area contributed by atoms with E-state index in [0.717, 1.165) is 36.2 Å². The summed E-state index contributed by atoms with van der Waals surface area (Å²) in [6, 6.07) is 8.88. The first-order valence-electron chi connectivity index (χ1n) is 6.75. The summed E-state index contributed by atoms with van der Waals surface area (Å²) in [4.78, 5) is 14.2. The van der Waals surface area contributed by atoms with Crippen molar-refractivity contribution in [1.29, 1.82) is 0 Å². The molecule has 0 aromatic heterocycles. The van der Waals surface area contributed by atoms with Gasteiger partial charge >= 0.3 is 0 Å². The molecule has 0 radical (unpaired) electrons. The van der Waals surface area contributed by atoms with E-state index in [-0.39, 0.29) is 17.2 Å². The number of aromatic hydroxyl groups is 1. The largest absolute Gasteiger partial charge is 0.507 e. The van der Waals surface area contributed by atoms with Crippen molar-refractivity contribution in [3.05, 3.63) is 53.3 Å². The number of nitrogen functional groups attached to an aromatic ring is 1. The van der Waals surface area contributed by atoms with Crippen LogP contribution in [0.15, 0.2) is 36.4 Å². The molecule has 0 aliphatic carbocycles. The maximum Gasteiger partial charge on any atom is 0.262 e. The molecule has 1 aliphatic rings. The number of rotatable bonds is 1. The second-order valence-electron chi connectivity index (χ2n) is 5.11. The van der Waals surface area contributed by atoms with Gasteiger partial charge in [-0.2, -0.15) is 0 Å². The third-order valence-electron chi connectivity index (χ3n) is 3.66. The molecule has 3 rings (SSSR count). The van der Waals surface area contributed by atoms with E-state index in [9.17, 15) is 14.3 Å². The van der Waals surface area contributed by atoms with Gasteiger partial charge in [0.25, 0.3) is 5.91 Å². The fraction of sp³-hybridized carbons (Fsp3) is 0.188. The van der Waals surface area contributed by atoms with Crippen LogP contribution >= 0.6 is 0 Å². The predicted molar refractivity (Wildman–Crippen MR) is 78.9 cm³/mol. The average Bonchev–Trinajstić information content (AvgIpc) is 2.46. The van der Waals surface area contributed by atoms with Crippen molar-refractivity contribution in [2.45, 2.75) is 12.8 Å². The molecule has 1 heterocycles. The molecule has 0 saturated carbocycles. The maximum absolute atomic E-state index is 13.0. The minimum absolute atomic E-state index is 0.0895. The molecule has 0 atom stereocenters. The number of aryl methyl sites for hydroxylation is 1. The van der Waals surface area contributed by atoms with Crippen molar-refractivity contribution in [2.75, 3.05) is 17.2 Å². The number of nitrogens with zero attached hydrogens (tertiary/aromatic N) is 1. The van der Waals surface area contributed by atoms with E-state index < -0.39 is 5.82 Å². The van der Waals surface area contributed by atoms with Crippen LogP contribution in [0.25, 0.3) is 0 Å². The number of halogens is 1. The third-order valence-corrected chi connectivity index (χ3v) is 3.66. The molecular weight excluding hydrogens is 271 g/mol. The summed E-state index contributed by atoms with van der Waals surface area (Å²) >= 11 is 0. The van der Waals surface area contributed by atoms with Gasteiger partial charge < -0.3 is 15.7 Å². The molecular formula is C16H15FN2O2. The molecule has 4 nitrogen and oxygen atoms in total. The lowest BCUT2D eigenvalue weighted by Crippen LogP contribution is -2.35. The molecule has 2 aromatic rings. The van der Waals surface area contributed by atoms with Gasteiger partial charge in [0.05, 0.1) is 5.56 Å². The Morgan fingerprint density at radius 3 is 2.81 bits per heavy atom. The van der Waals surface area contributed by atoms with Crippen molar-refractivity contribution in [2.24, 2.45) is 0 Å². The Labute approximate surface area is 121 Å². The predicted octanol–water partition coefficient (Wildman–Crippen LogP) is 2.71. The Hall–Kier alpha value is -2.56.